The van der Waals surface area contributed by atoms with Gasteiger partial charge in [-0.1, -0.05) is 6.92 Å². The van der Waals surface area contributed by atoms with Crippen molar-refractivity contribution in [2.24, 2.45) is 9.98 Å². The first-order valence-electron chi connectivity index (χ1n) is 3.14. The molecular formula is C7H10N2. The smallest absolute Gasteiger partial charge is 0.114 e. The van der Waals surface area contributed by atoms with Gasteiger partial charge in [0.1, 0.15) is 6.34 Å². The lowest BCUT2D eigenvalue weighted by atomic mass is 10.2. The minimum Gasteiger partial charge on any atom is -0.249 e. The molecule has 1 rings (SSSR count). The third kappa shape index (κ3) is 1.80. The lowest BCUT2D eigenvalue weighted by Gasteiger charge is -1.92. The summed E-state index contributed by atoms with van der Waals surface area (Å²) in [6, 6.07) is 0. The van der Waals surface area contributed by atoms with E-state index in [1.54, 1.807) is 6.34 Å². The van der Waals surface area contributed by atoms with Crippen molar-refractivity contribution in [2.75, 3.05) is 0 Å². The Morgan fingerprint density at radius 2 is 2.44 bits per heavy atom. The van der Waals surface area contributed by atoms with E-state index in [0.29, 0.717) is 0 Å². The molecule has 0 atom stereocenters. The largest absolute Gasteiger partial charge is 0.249 e. The number of rotatable bonds is 1. The van der Waals surface area contributed by atoms with Crippen LogP contribution in [0.25, 0.3) is 0 Å². The van der Waals surface area contributed by atoms with E-state index >= 15 is 0 Å². The Balaban J connectivity index is 2.62. The topological polar surface area (TPSA) is 24.7 Å². The predicted octanol–water partition coefficient (Wildman–Crippen LogP) is 1.78. The van der Waals surface area contributed by atoms with Crippen LogP contribution in [0.2, 0.25) is 0 Å². The second-order valence-corrected chi connectivity index (χ2v) is 1.94. The lowest BCUT2D eigenvalue weighted by molar-refractivity contribution is 1.05. The van der Waals surface area contributed by atoms with Gasteiger partial charge in [-0.05, 0) is 12.0 Å². The van der Waals surface area contributed by atoms with Gasteiger partial charge in [-0.25, -0.2) is 9.98 Å². The molecule has 0 fully saturated rings. The standard InChI is InChI=1S/C7H10N2/c1-2-7-3-4-8-6-9-5-7/h4-6H,2-3H2,1H3. The van der Waals surface area contributed by atoms with Crippen LogP contribution in [0, 0.1) is 0 Å². The third-order valence-electron chi connectivity index (χ3n) is 1.30. The molecule has 2 heteroatoms. The molecule has 2 nitrogen and oxygen atoms in total. The Kier molecular flexibility index (Phi) is 2.19. The minimum absolute atomic E-state index is 0.955. The molecule has 9 heavy (non-hydrogen) atoms. The molecule has 0 saturated carbocycles. The highest BCUT2D eigenvalue weighted by Crippen LogP contribution is 2.05. The van der Waals surface area contributed by atoms with Crippen molar-refractivity contribution in [1.29, 1.82) is 0 Å². The second kappa shape index (κ2) is 3.17. The van der Waals surface area contributed by atoms with E-state index in [-0.39, 0.29) is 0 Å². The molecule has 0 saturated heterocycles. The summed E-state index contributed by atoms with van der Waals surface area (Å²) in [5.74, 6) is 0. The van der Waals surface area contributed by atoms with E-state index < -0.39 is 0 Å². The normalized spacial score (nSPS) is 17.2. The van der Waals surface area contributed by atoms with Crippen LogP contribution in [0.15, 0.2) is 21.8 Å². The first-order valence-corrected chi connectivity index (χ1v) is 3.14. The van der Waals surface area contributed by atoms with Crippen molar-refractivity contribution in [1.82, 2.24) is 0 Å². The zero-order valence-electron chi connectivity index (χ0n) is 5.54. The fourth-order valence-electron chi connectivity index (χ4n) is 0.683. The van der Waals surface area contributed by atoms with E-state index in [0.717, 1.165) is 12.8 Å². The highest BCUT2D eigenvalue weighted by molar-refractivity contribution is 5.75. The van der Waals surface area contributed by atoms with Crippen molar-refractivity contribution in [3.05, 3.63) is 11.8 Å². The molecule has 48 valence electrons. The molecule has 1 aliphatic heterocycles. The second-order valence-electron chi connectivity index (χ2n) is 1.94. The van der Waals surface area contributed by atoms with E-state index in [4.69, 9.17) is 0 Å². The highest BCUT2D eigenvalue weighted by Gasteiger charge is 1.90. The van der Waals surface area contributed by atoms with Crippen LogP contribution in [0.4, 0.5) is 0 Å². The lowest BCUT2D eigenvalue weighted by Crippen LogP contribution is -1.79. The van der Waals surface area contributed by atoms with Crippen molar-refractivity contribution in [3.63, 3.8) is 0 Å². The van der Waals surface area contributed by atoms with Gasteiger partial charge in [-0.2, -0.15) is 0 Å². The molecule has 0 N–H and O–H groups in total. The number of hydrogen-bond donors (Lipinski definition) is 0. The molecule has 0 radical (unpaired) electrons. The van der Waals surface area contributed by atoms with E-state index in [1.165, 1.54) is 5.57 Å². The zero-order chi connectivity index (χ0) is 6.53. The number of nitrogens with zero attached hydrogens (tertiary/aromatic N) is 2. The minimum atomic E-state index is 0.955. The molecule has 1 heterocycles. The summed E-state index contributed by atoms with van der Waals surface area (Å²) in [6.07, 6.45) is 7.36. The van der Waals surface area contributed by atoms with Gasteiger partial charge in [-0.15, -0.1) is 0 Å². The van der Waals surface area contributed by atoms with Gasteiger partial charge >= 0.3 is 0 Å². The van der Waals surface area contributed by atoms with Crippen molar-refractivity contribution in [2.45, 2.75) is 19.8 Å². The van der Waals surface area contributed by atoms with Crippen LogP contribution >= 0.6 is 0 Å². The maximum atomic E-state index is 3.94. The highest BCUT2D eigenvalue weighted by atomic mass is 14.8. The van der Waals surface area contributed by atoms with Crippen LogP contribution in [-0.4, -0.2) is 12.6 Å². The van der Waals surface area contributed by atoms with Crippen LogP contribution in [0.5, 0.6) is 0 Å². The molecule has 0 aromatic rings. The fourth-order valence-corrected chi connectivity index (χ4v) is 0.683. The SMILES string of the molecule is CCC1=CN=CN=CC1. The first kappa shape index (κ1) is 6.20. The number of hydrogen-bond acceptors (Lipinski definition) is 2. The Bertz CT molecular complexity index is 166. The maximum Gasteiger partial charge on any atom is 0.114 e. The Labute approximate surface area is 55.0 Å². The van der Waals surface area contributed by atoms with E-state index in [2.05, 4.69) is 16.9 Å². The molecular weight excluding hydrogens is 112 g/mol. The summed E-state index contributed by atoms with van der Waals surface area (Å²) in [5.41, 5.74) is 1.34. The summed E-state index contributed by atoms with van der Waals surface area (Å²) in [5, 5.41) is 0. The quantitative estimate of drug-likeness (QED) is 0.506. The van der Waals surface area contributed by atoms with Crippen LogP contribution < -0.4 is 0 Å². The molecule has 0 aliphatic carbocycles. The summed E-state index contributed by atoms with van der Waals surface area (Å²) in [6.45, 7) is 2.13. The van der Waals surface area contributed by atoms with Gasteiger partial charge in [0.05, 0.1) is 0 Å². The molecule has 0 aromatic carbocycles. The first-order chi connectivity index (χ1) is 4.43. The van der Waals surface area contributed by atoms with Gasteiger partial charge in [-0.3, -0.25) is 0 Å². The summed E-state index contributed by atoms with van der Waals surface area (Å²) in [4.78, 5) is 7.84. The summed E-state index contributed by atoms with van der Waals surface area (Å²) < 4.78 is 0. The van der Waals surface area contributed by atoms with Gasteiger partial charge in [0, 0.05) is 18.8 Å². The van der Waals surface area contributed by atoms with Gasteiger partial charge in [0.25, 0.3) is 0 Å². The summed E-state index contributed by atoms with van der Waals surface area (Å²) >= 11 is 0. The molecule has 1 aliphatic rings. The Morgan fingerprint density at radius 1 is 1.56 bits per heavy atom. The van der Waals surface area contributed by atoms with E-state index in [9.17, 15) is 0 Å². The third-order valence-corrected chi connectivity index (χ3v) is 1.30. The van der Waals surface area contributed by atoms with Crippen LogP contribution in [-0.2, 0) is 0 Å². The molecule has 0 spiro atoms. The van der Waals surface area contributed by atoms with Crippen LogP contribution in [0.3, 0.4) is 0 Å². The molecule has 0 aromatic heterocycles. The monoisotopic (exact) mass is 122 g/mol. The summed E-state index contributed by atoms with van der Waals surface area (Å²) in [7, 11) is 0. The molecule has 0 bridgehead atoms. The average Bonchev–Trinajstić information content (AvgIpc) is 2.13. The Hall–Kier alpha value is -0.920. The fraction of sp³-hybridized carbons (Fsp3) is 0.429. The van der Waals surface area contributed by atoms with Crippen molar-refractivity contribution < 1.29 is 0 Å². The van der Waals surface area contributed by atoms with Gasteiger partial charge < -0.3 is 0 Å². The van der Waals surface area contributed by atoms with Crippen molar-refractivity contribution in [3.8, 4) is 0 Å². The van der Waals surface area contributed by atoms with E-state index in [1.807, 2.05) is 12.4 Å². The predicted molar refractivity (Wildman–Crippen MR) is 40.0 cm³/mol. The van der Waals surface area contributed by atoms with Gasteiger partial charge in [0.15, 0.2) is 0 Å². The van der Waals surface area contributed by atoms with Crippen molar-refractivity contribution >= 4 is 12.6 Å². The maximum absolute atomic E-state index is 3.94. The zero-order valence-corrected chi connectivity index (χ0v) is 5.54. The number of aliphatic imine (C=N–C) groups is 2. The average molecular weight is 122 g/mol. The number of allylic oxidation sites excluding steroid dienone is 1. The molecule has 0 amide bonds. The Morgan fingerprint density at radius 3 is 3.22 bits per heavy atom. The molecule has 0 unspecified atom stereocenters. The van der Waals surface area contributed by atoms with Crippen LogP contribution in [0.1, 0.15) is 19.8 Å². The van der Waals surface area contributed by atoms with Gasteiger partial charge in [0.2, 0.25) is 0 Å².